The van der Waals surface area contributed by atoms with Gasteiger partial charge in [0.25, 0.3) is 5.91 Å². The summed E-state index contributed by atoms with van der Waals surface area (Å²) in [5.74, 6) is 2.05. The molecule has 0 bridgehead atoms. The molecule has 0 saturated heterocycles. The van der Waals surface area contributed by atoms with E-state index in [1.807, 2.05) is 37.3 Å². The lowest BCUT2D eigenvalue weighted by molar-refractivity contribution is 0.0957. The number of pyridine rings is 1. The molecule has 0 unspecified atom stereocenters. The van der Waals surface area contributed by atoms with E-state index < -0.39 is 0 Å². The van der Waals surface area contributed by atoms with Crippen molar-refractivity contribution in [1.82, 2.24) is 20.3 Å². The van der Waals surface area contributed by atoms with Crippen molar-refractivity contribution in [3.63, 3.8) is 0 Å². The lowest BCUT2D eigenvalue weighted by atomic mass is 10.1. The number of nitrogens with zero attached hydrogens (tertiary/aromatic N) is 3. The van der Waals surface area contributed by atoms with Crippen molar-refractivity contribution in [2.24, 2.45) is 0 Å². The highest BCUT2D eigenvalue weighted by Gasteiger charge is 2.19. The number of fused-ring (bicyclic) bond motifs is 1. The predicted molar refractivity (Wildman–Crippen MR) is 134 cm³/mol. The lowest BCUT2D eigenvalue weighted by Crippen LogP contribution is -2.25. The zero-order valence-corrected chi connectivity index (χ0v) is 20.2. The fourth-order valence-corrected chi connectivity index (χ4v) is 4.80. The zero-order valence-electron chi connectivity index (χ0n) is 19.4. The van der Waals surface area contributed by atoms with Gasteiger partial charge in [-0.15, -0.1) is 11.3 Å². The Morgan fingerprint density at radius 1 is 0.971 bits per heavy atom. The van der Waals surface area contributed by atoms with Crippen LogP contribution in [0, 0.1) is 6.92 Å². The van der Waals surface area contributed by atoms with Crippen LogP contribution in [0.5, 0.6) is 11.5 Å². The van der Waals surface area contributed by atoms with E-state index in [0.717, 1.165) is 45.6 Å². The number of aromatic nitrogens is 3. The van der Waals surface area contributed by atoms with Gasteiger partial charge in [0, 0.05) is 25.5 Å². The van der Waals surface area contributed by atoms with Gasteiger partial charge in [-0.05, 0) is 60.7 Å². The SMILES string of the molecule is COc1ccc(CCNc2ncnc3sc(C(=O)NCCc4ccncc4)c(C)c23)cc1OC. The summed E-state index contributed by atoms with van der Waals surface area (Å²) in [7, 11) is 3.25. The molecule has 0 aliphatic rings. The molecular formula is C25H27N5O3S. The quantitative estimate of drug-likeness (QED) is 0.356. The largest absolute Gasteiger partial charge is 0.493 e. The maximum atomic E-state index is 12.8. The monoisotopic (exact) mass is 477 g/mol. The summed E-state index contributed by atoms with van der Waals surface area (Å²) < 4.78 is 10.7. The molecule has 0 fully saturated rings. The second-order valence-electron chi connectivity index (χ2n) is 7.69. The second-order valence-corrected chi connectivity index (χ2v) is 8.69. The molecule has 8 nitrogen and oxygen atoms in total. The normalized spacial score (nSPS) is 10.8. The van der Waals surface area contributed by atoms with Crippen LogP contribution in [0.25, 0.3) is 10.2 Å². The number of hydrogen-bond acceptors (Lipinski definition) is 8. The number of aryl methyl sites for hydroxylation is 1. The average molecular weight is 478 g/mol. The van der Waals surface area contributed by atoms with Crippen LogP contribution in [-0.4, -0.2) is 48.2 Å². The van der Waals surface area contributed by atoms with E-state index in [1.165, 1.54) is 17.7 Å². The molecule has 3 heterocycles. The van der Waals surface area contributed by atoms with Gasteiger partial charge in [0.2, 0.25) is 0 Å². The van der Waals surface area contributed by atoms with Gasteiger partial charge >= 0.3 is 0 Å². The van der Waals surface area contributed by atoms with Crippen LogP contribution in [0.1, 0.15) is 26.4 Å². The molecule has 34 heavy (non-hydrogen) atoms. The van der Waals surface area contributed by atoms with Gasteiger partial charge in [-0.3, -0.25) is 9.78 Å². The Morgan fingerprint density at radius 3 is 2.50 bits per heavy atom. The maximum absolute atomic E-state index is 12.8. The smallest absolute Gasteiger partial charge is 0.261 e. The number of anilines is 1. The standard InChI is InChI=1S/C25H27N5O3S/c1-16-21-23(27-12-9-18-4-5-19(32-2)20(14-18)33-3)29-15-30-25(21)34-22(16)24(31)28-13-8-17-6-10-26-11-7-17/h4-7,10-11,14-15H,8-9,12-13H2,1-3H3,(H,28,31)(H,27,29,30). The van der Waals surface area contributed by atoms with Gasteiger partial charge in [0.1, 0.15) is 17.0 Å². The van der Waals surface area contributed by atoms with Crippen LogP contribution in [0.2, 0.25) is 0 Å². The number of hydrogen-bond donors (Lipinski definition) is 2. The van der Waals surface area contributed by atoms with E-state index >= 15 is 0 Å². The molecule has 1 aromatic carbocycles. The number of methoxy groups -OCH3 is 2. The van der Waals surface area contributed by atoms with Crippen molar-refractivity contribution in [2.75, 3.05) is 32.6 Å². The second kappa shape index (κ2) is 10.9. The highest BCUT2D eigenvalue weighted by atomic mass is 32.1. The molecule has 4 rings (SSSR count). The average Bonchev–Trinajstić information content (AvgIpc) is 3.21. The van der Waals surface area contributed by atoms with Gasteiger partial charge in [0.05, 0.1) is 24.5 Å². The number of benzene rings is 1. The summed E-state index contributed by atoms with van der Waals surface area (Å²) in [6.07, 6.45) is 6.57. The molecule has 0 atom stereocenters. The minimum absolute atomic E-state index is 0.0918. The third-order valence-electron chi connectivity index (χ3n) is 5.54. The number of amides is 1. The first-order valence-electron chi connectivity index (χ1n) is 11.0. The van der Waals surface area contributed by atoms with Crippen molar-refractivity contribution in [3.05, 3.63) is 70.6 Å². The number of ether oxygens (including phenoxy) is 2. The van der Waals surface area contributed by atoms with Crippen molar-refractivity contribution < 1.29 is 14.3 Å². The summed E-state index contributed by atoms with van der Waals surface area (Å²) in [5.41, 5.74) is 3.14. The van der Waals surface area contributed by atoms with Crippen LogP contribution < -0.4 is 20.1 Å². The summed E-state index contributed by atoms with van der Waals surface area (Å²) in [4.78, 5) is 27.1. The van der Waals surface area contributed by atoms with E-state index in [2.05, 4.69) is 25.6 Å². The number of carbonyl (C=O) groups excluding carboxylic acids is 1. The molecule has 176 valence electrons. The van der Waals surface area contributed by atoms with Gasteiger partial charge in [-0.1, -0.05) is 6.07 Å². The van der Waals surface area contributed by atoms with E-state index in [9.17, 15) is 4.79 Å². The predicted octanol–water partition coefficient (Wildman–Crippen LogP) is 4.04. The molecule has 1 amide bonds. The van der Waals surface area contributed by atoms with Crippen molar-refractivity contribution in [3.8, 4) is 11.5 Å². The fraction of sp³-hybridized carbons (Fsp3) is 0.280. The van der Waals surface area contributed by atoms with Gasteiger partial charge in [-0.25, -0.2) is 9.97 Å². The molecule has 3 aromatic heterocycles. The highest BCUT2D eigenvalue weighted by molar-refractivity contribution is 7.20. The molecule has 0 saturated carbocycles. The molecule has 9 heteroatoms. The van der Waals surface area contributed by atoms with Crippen LogP contribution in [0.15, 0.2) is 49.1 Å². The van der Waals surface area contributed by atoms with Crippen molar-refractivity contribution in [1.29, 1.82) is 0 Å². The van der Waals surface area contributed by atoms with Crippen LogP contribution in [0.3, 0.4) is 0 Å². The van der Waals surface area contributed by atoms with Crippen LogP contribution in [-0.2, 0) is 12.8 Å². The van der Waals surface area contributed by atoms with Crippen molar-refractivity contribution >= 4 is 33.3 Å². The van der Waals surface area contributed by atoms with Gasteiger partial charge < -0.3 is 20.1 Å². The minimum atomic E-state index is -0.0918. The molecule has 0 aliphatic carbocycles. The Hall–Kier alpha value is -3.72. The van der Waals surface area contributed by atoms with Crippen LogP contribution in [0.4, 0.5) is 5.82 Å². The third kappa shape index (κ3) is 5.26. The summed E-state index contributed by atoms with van der Waals surface area (Å²) in [6, 6.07) is 9.79. The molecule has 2 N–H and O–H groups in total. The molecule has 0 spiro atoms. The third-order valence-corrected chi connectivity index (χ3v) is 6.73. The molecule has 0 radical (unpaired) electrons. The summed E-state index contributed by atoms with van der Waals surface area (Å²) >= 11 is 1.39. The number of rotatable bonds is 10. The van der Waals surface area contributed by atoms with Crippen molar-refractivity contribution in [2.45, 2.75) is 19.8 Å². The lowest BCUT2D eigenvalue weighted by Gasteiger charge is -2.11. The van der Waals surface area contributed by atoms with Gasteiger partial charge in [-0.2, -0.15) is 0 Å². The maximum Gasteiger partial charge on any atom is 0.261 e. The molecule has 0 aliphatic heterocycles. The first-order valence-corrected chi connectivity index (χ1v) is 11.8. The Labute approximate surface area is 202 Å². The van der Waals surface area contributed by atoms with E-state index in [1.54, 1.807) is 26.6 Å². The Balaban J connectivity index is 1.42. The Morgan fingerprint density at radius 2 is 1.74 bits per heavy atom. The fourth-order valence-electron chi connectivity index (χ4n) is 3.73. The number of nitrogens with one attached hydrogen (secondary N) is 2. The Kier molecular flexibility index (Phi) is 7.54. The van der Waals surface area contributed by atoms with Gasteiger partial charge in [0.15, 0.2) is 11.5 Å². The van der Waals surface area contributed by atoms with E-state index in [-0.39, 0.29) is 5.91 Å². The van der Waals surface area contributed by atoms with Crippen LogP contribution >= 0.6 is 11.3 Å². The molecular weight excluding hydrogens is 450 g/mol. The minimum Gasteiger partial charge on any atom is -0.493 e. The van der Waals surface area contributed by atoms with E-state index in [0.29, 0.717) is 29.5 Å². The first-order chi connectivity index (χ1) is 16.6. The Bertz CT molecular complexity index is 1280. The highest BCUT2D eigenvalue weighted by Crippen LogP contribution is 2.33. The number of carbonyl (C=O) groups is 1. The zero-order chi connectivity index (χ0) is 23.9. The summed E-state index contributed by atoms with van der Waals surface area (Å²) in [6.45, 7) is 3.17. The first kappa shape index (κ1) is 23.4. The topological polar surface area (TPSA) is 98.3 Å². The number of thiophene rings is 1. The molecule has 4 aromatic rings. The van der Waals surface area contributed by atoms with E-state index in [4.69, 9.17) is 9.47 Å². The summed E-state index contributed by atoms with van der Waals surface area (Å²) in [5, 5.41) is 7.31.